The summed E-state index contributed by atoms with van der Waals surface area (Å²) in [6, 6.07) is 6.05. The number of nitrogens with one attached hydrogen (secondary N) is 1. The molecule has 7 heteroatoms. The third-order valence-electron chi connectivity index (χ3n) is 3.87. The predicted molar refractivity (Wildman–Crippen MR) is 86.2 cm³/mol. The predicted octanol–water partition coefficient (Wildman–Crippen LogP) is 2.27. The average molecular weight is 345 g/mol. The van der Waals surface area contributed by atoms with Crippen molar-refractivity contribution in [1.29, 1.82) is 0 Å². The highest BCUT2D eigenvalue weighted by Crippen LogP contribution is 2.17. The Morgan fingerprint density at radius 3 is 2.68 bits per heavy atom. The summed E-state index contributed by atoms with van der Waals surface area (Å²) in [4.78, 5) is 14.0. The molecule has 1 aromatic rings. The lowest BCUT2D eigenvalue weighted by molar-refractivity contribution is -0.132. The van der Waals surface area contributed by atoms with Crippen LogP contribution in [0.2, 0.25) is 5.02 Å². The normalized spacial score (nSPS) is 16.7. The molecule has 22 heavy (non-hydrogen) atoms. The van der Waals surface area contributed by atoms with E-state index in [9.17, 15) is 13.2 Å². The number of piperidine rings is 1. The molecule has 1 heterocycles. The second-order valence-corrected chi connectivity index (χ2v) is 7.87. The lowest BCUT2D eigenvalue weighted by Crippen LogP contribution is -2.39. The summed E-state index contributed by atoms with van der Waals surface area (Å²) in [5, 5.41) is 0.362. The van der Waals surface area contributed by atoms with Crippen LogP contribution in [0.4, 0.5) is 0 Å². The lowest BCUT2D eigenvalue weighted by Gasteiger charge is -2.30. The summed E-state index contributed by atoms with van der Waals surface area (Å²) in [6.07, 6.45) is 2.20. The first-order valence-electron chi connectivity index (χ1n) is 7.41. The van der Waals surface area contributed by atoms with Gasteiger partial charge < -0.3 is 4.90 Å². The number of hydrogen-bond acceptors (Lipinski definition) is 3. The second kappa shape index (κ2) is 7.44. The Balaban J connectivity index is 1.84. The number of hydrogen-bond donors (Lipinski definition) is 1. The highest BCUT2D eigenvalue weighted by atomic mass is 35.5. The first-order valence-corrected chi connectivity index (χ1v) is 9.27. The van der Waals surface area contributed by atoms with Crippen LogP contribution in [0.5, 0.6) is 0 Å². The van der Waals surface area contributed by atoms with E-state index in [1.54, 1.807) is 12.1 Å². The van der Waals surface area contributed by atoms with Crippen molar-refractivity contribution in [2.75, 3.05) is 19.6 Å². The molecule has 1 saturated heterocycles. The molecule has 0 radical (unpaired) electrons. The van der Waals surface area contributed by atoms with Gasteiger partial charge in [-0.15, -0.1) is 0 Å². The Bertz CT molecular complexity index is 625. The number of rotatable bonds is 5. The molecular formula is C15H21ClN2O3S. The van der Waals surface area contributed by atoms with E-state index in [0.29, 0.717) is 10.9 Å². The highest BCUT2D eigenvalue weighted by molar-refractivity contribution is 7.89. The summed E-state index contributed by atoms with van der Waals surface area (Å²) in [5.41, 5.74) is 0. The number of benzene rings is 1. The van der Waals surface area contributed by atoms with E-state index >= 15 is 0 Å². The Labute approximate surface area is 136 Å². The number of halogens is 1. The molecule has 0 saturated carbocycles. The van der Waals surface area contributed by atoms with Crippen LogP contribution in [0.1, 0.15) is 26.2 Å². The summed E-state index contributed by atoms with van der Waals surface area (Å²) in [7, 11) is -3.62. The van der Waals surface area contributed by atoms with Crippen LogP contribution in [0.3, 0.4) is 0 Å². The summed E-state index contributed by atoms with van der Waals surface area (Å²) < 4.78 is 26.6. The molecule has 5 nitrogen and oxygen atoms in total. The van der Waals surface area contributed by atoms with Crippen molar-refractivity contribution in [3.63, 3.8) is 0 Å². The van der Waals surface area contributed by atoms with Crippen molar-refractivity contribution in [1.82, 2.24) is 9.62 Å². The monoisotopic (exact) mass is 344 g/mol. The van der Waals surface area contributed by atoms with E-state index in [2.05, 4.69) is 11.6 Å². The SMILES string of the molecule is CC1CCN(C(=O)CCNS(=O)(=O)c2cccc(Cl)c2)CC1. The third kappa shape index (κ3) is 4.69. The topological polar surface area (TPSA) is 66.5 Å². The van der Waals surface area contributed by atoms with Crippen LogP contribution in [0, 0.1) is 5.92 Å². The van der Waals surface area contributed by atoms with Crippen LogP contribution >= 0.6 is 11.6 Å². The van der Waals surface area contributed by atoms with Crippen molar-refractivity contribution >= 4 is 27.5 Å². The maximum atomic E-state index is 12.1. The molecule has 2 rings (SSSR count). The van der Waals surface area contributed by atoms with Gasteiger partial charge in [-0.05, 0) is 37.0 Å². The summed E-state index contributed by atoms with van der Waals surface area (Å²) >= 11 is 5.80. The molecule has 1 fully saturated rings. The molecule has 0 spiro atoms. The third-order valence-corrected chi connectivity index (χ3v) is 5.57. The largest absolute Gasteiger partial charge is 0.343 e. The molecule has 0 aliphatic carbocycles. The fraction of sp³-hybridized carbons (Fsp3) is 0.533. The van der Waals surface area contributed by atoms with E-state index < -0.39 is 10.0 Å². The Morgan fingerprint density at radius 1 is 1.36 bits per heavy atom. The Hall–Kier alpha value is -1.11. The molecule has 0 aromatic heterocycles. The van der Waals surface area contributed by atoms with Crippen LogP contribution < -0.4 is 4.72 Å². The maximum absolute atomic E-state index is 12.1. The number of likely N-dealkylation sites (tertiary alicyclic amines) is 1. The van der Waals surface area contributed by atoms with Crippen molar-refractivity contribution in [3.8, 4) is 0 Å². The van der Waals surface area contributed by atoms with Gasteiger partial charge in [-0.2, -0.15) is 0 Å². The molecule has 1 aromatic carbocycles. The first kappa shape index (κ1) is 17.2. The molecule has 1 aliphatic rings. The summed E-state index contributed by atoms with van der Waals surface area (Å²) in [6.45, 7) is 3.81. The number of amides is 1. The first-order chi connectivity index (χ1) is 10.4. The number of sulfonamides is 1. The van der Waals surface area contributed by atoms with Gasteiger partial charge in [0.15, 0.2) is 0 Å². The van der Waals surface area contributed by atoms with E-state index in [-0.39, 0.29) is 23.8 Å². The molecule has 122 valence electrons. The second-order valence-electron chi connectivity index (χ2n) is 5.67. The van der Waals surface area contributed by atoms with Crippen LogP contribution in [-0.4, -0.2) is 38.9 Å². The van der Waals surface area contributed by atoms with Gasteiger partial charge in [0, 0.05) is 31.1 Å². The van der Waals surface area contributed by atoms with E-state index in [1.165, 1.54) is 12.1 Å². The molecule has 1 aliphatic heterocycles. The fourth-order valence-corrected chi connectivity index (χ4v) is 3.76. The van der Waals surface area contributed by atoms with Crippen LogP contribution in [0.25, 0.3) is 0 Å². The number of carbonyl (C=O) groups is 1. The van der Waals surface area contributed by atoms with Crippen LogP contribution in [-0.2, 0) is 14.8 Å². The average Bonchev–Trinajstić information content (AvgIpc) is 2.47. The van der Waals surface area contributed by atoms with E-state index in [1.807, 2.05) is 4.90 Å². The van der Waals surface area contributed by atoms with Gasteiger partial charge in [0.1, 0.15) is 0 Å². The number of nitrogens with zero attached hydrogens (tertiary/aromatic N) is 1. The number of carbonyl (C=O) groups excluding carboxylic acids is 1. The molecule has 1 N–H and O–H groups in total. The molecule has 0 bridgehead atoms. The Kier molecular flexibility index (Phi) is 5.83. The minimum absolute atomic E-state index is 0.000643. The zero-order chi connectivity index (χ0) is 16.2. The minimum Gasteiger partial charge on any atom is -0.343 e. The van der Waals surface area contributed by atoms with Gasteiger partial charge in [0.25, 0.3) is 0 Å². The minimum atomic E-state index is -3.62. The van der Waals surface area contributed by atoms with E-state index in [4.69, 9.17) is 11.6 Å². The quantitative estimate of drug-likeness (QED) is 0.891. The van der Waals surface area contributed by atoms with Gasteiger partial charge in [-0.25, -0.2) is 13.1 Å². The van der Waals surface area contributed by atoms with Gasteiger partial charge in [0.05, 0.1) is 4.90 Å². The van der Waals surface area contributed by atoms with Gasteiger partial charge >= 0.3 is 0 Å². The zero-order valence-electron chi connectivity index (χ0n) is 12.6. The molecule has 0 unspecified atom stereocenters. The summed E-state index contributed by atoms with van der Waals surface area (Å²) in [5.74, 6) is 0.658. The standard InChI is InChI=1S/C15H21ClN2O3S/c1-12-6-9-18(10-7-12)15(19)5-8-17-22(20,21)14-4-2-3-13(16)11-14/h2-4,11-12,17H,5-10H2,1H3. The lowest BCUT2D eigenvalue weighted by atomic mass is 9.99. The highest BCUT2D eigenvalue weighted by Gasteiger charge is 2.21. The van der Waals surface area contributed by atoms with Crippen LogP contribution in [0.15, 0.2) is 29.2 Å². The maximum Gasteiger partial charge on any atom is 0.240 e. The Morgan fingerprint density at radius 2 is 2.05 bits per heavy atom. The van der Waals surface area contributed by atoms with Crippen molar-refractivity contribution in [2.24, 2.45) is 5.92 Å². The molecule has 0 atom stereocenters. The van der Waals surface area contributed by atoms with Crippen molar-refractivity contribution < 1.29 is 13.2 Å². The molecular weight excluding hydrogens is 324 g/mol. The van der Waals surface area contributed by atoms with Crippen molar-refractivity contribution in [2.45, 2.75) is 31.1 Å². The van der Waals surface area contributed by atoms with Gasteiger partial charge in [0.2, 0.25) is 15.9 Å². The van der Waals surface area contributed by atoms with E-state index in [0.717, 1.165) is 25.9 Å². The zero-order valence-corrected chi connectivity index (χ0v) is 14.2. The smallest absolute Gasteiger partial charge is 0.240 e. The van der Waals surface area contributed by atoms with Crippen molar-refractivity contribution in [3.05, 3.63) is 29.3 Å². The fourth-order valence-electron chi connectivity index (χ4n) is 2.43. The van der Waals surface area contributed by atoms with Gasteiger partial charge in [-0.1, -0.05) is 24.6 Å². The van der Waals surface area contributed by atoms with Gasteiger partial charge in [-0.3, -0.25) is 4.79 Å². The molecule has 1 amide bonds.